The van der Waals surface area contributed by atoms with Gasteiger partial charge in [0.05, 0.1) is 5.69 Å². The molecule has 4 aromatic rings. The highest BCUT2D eigenvalue weighted by molar-refractivity contribution is 5.95. The SMILES string of the molecule is NC(=NO)c1cccc(Cc2c(-c3ccccc3)[nH]c3cc(C4CC4)ccc23)n1. The Labute approximate surface area is 168 Å². The van der Waals surface area contributed by atoms with Gasteiger partial charge in [-0.25, -0.2) is 4.98 Å². The summed E-state index contributed by atoms with van der Waals surface area (Å²) < 4.78 is 0. The van der Waals surface area contributed by atoms with Gasteiger partial charge in [0.25, 0.3) is 0 Å². The number of hydrogen-bond donors (Lipinski definition) is 3. The molecule has 2 aromatic heterocycles. The maximum Gasteiger partial charge on any atom is 0.188 e. The van der Waals surface area contributed by atoms with Gasteiger partial charge in [-0.2, -0.15) is 0 Å². The van der Waals surface area contributed by atoms with Gasteiger partial charge in [0.15, 0.2) is 5.84 Å². The summed E-state index contributed by atoms with van der Waals surface area (Å²) in [5.41, 5.74) is 13.1. The second-order valence-corrected chi connectivity index (χ2v) is 7.60. The third-order valence-electron chi connectivity index (χ3n) is 5.58. The lowest BCUT2D eigenvalue weighted by atomic mass is 9.99. The van der Waals surface area contributed by atoms with Crippen LogP contribution in [0.25, 0.3) is 22.2 Å². The fourth-order valence-electron chi connectivity index (χ4n) is 3.93. The molecular weight excluding hydrogens is 360 g/mol. The predicted molar refractivity (Wildman–Crippen MR) is 115 cm³/mol. The number of benzene rings is 2. The van der Waals surface area contributed by atoms with Crippen molar-refractivity contribution in [1.82, 2.24) is 9.97 Å². The first-order valence-corrected chi connectivity index (χ1v) is 9.86. The van der Waals surface area contributed by atoms with Crippen molar-refractivity contribution in [2.75, 3.05) is 0 Å². The summed E-state index contributed by atoms with van der Waals surface area (Å²) in [6, 6.07) is 22.8. The molecule has 0 saturated heterocycles. The van der Waals surface area contributed by atoms with Crippen LogP contribution in [0.5, 0.6) is 0 Å². The number of aromatic amines is 1. The predicted octanol–water partition coefficient (Wildman–Crippen LogP) is 4.79. The lowest BCUT2D eigenvalue weighted by Crippen LogP contribution is -2.15. The Morgan fingerprint density at radius 1 is 1.07 bits per heavy atom. The molecule has 2 heterocycles. The Hall–Kier alpha value is -3.60. The first-order valence-electron chi connectivity index (χ1n) is 9.86. The summed E-state index contributed by atoms with van der Waals surface area (Å²) in [6.07, 6.45) is 3.23. The van der Waals surface area contributed by atoms with E-state index in [0.717, 1.165) is 22.5 Å². The van der Waals surface area contributed by atoms with Gasteiger partial charge in [-0.05, 0) is 53.6 Å². The Bertz CT molecular complexity index is 1210. The molecule has 4 N–H and O–H groups in total. The van der Waals surface area contributed by atoms with Gasteiger partial charge in [0.1, 0.15) is 5.69 Å². The Morgan fingerprint density at radius 2 is 1.90 bits per heavy atom. The molecule has 0 aliphatic heterocycles. The van der Waals surface area contributed by atoms with Gasteiger partial charge < -0.3 is 15.9 Å². The second kappa shape index (κ2) is 7.09. The van der Waals surface area contributed by atoms with E-state index in [0.29, 0.717) is 18.0 Å². The van der Waals surface area contributed by atoms with Gasteiger partial charge in [-0.3, -0.25) is 0 Å². The van der Waals surface area contributed by atoms with Crippen LogP contribution in [0, 0.1) is 0 Å². The van der Waals surface area contributed by atoms with Crippen molar-refractivity contribution >= 4 is 16.7 Å². The molecule has 1 aliphatic carbocycles. The molecule has 0 bridgehead atoms. The van der Waals surface area contributed by atoms with Crippen LogP contribution < -0.4 is 5.73 Å². The third-order valence-corrected chi connectivity index (χ3v) is 5.58. The van der Waals surface area contributed by atoms with Crippen molar-refractivity contribution in [3.63, 3.8) is 0 Å². The normalized spacial score (nSPS) is 14.4. The molecule has 0 unspecified atom stereocenters. The molecule has 1 aliphatic rings. The van der Waals surface area contributed by atoms with Gasteiger partial charge in [0, 0.05) is 23.0 Å². The van der Waals surface area contributed by atoms with Crippen LogP contribution in [0.4, 0.5) is 0 Å². The van der Waals surface area contributed by atoms with E-state index in [-0.39, 0.29) is 5.84 Å². The lowest BCUT2D eigenvalue weighted by Gasteiger charge is -2.07. The Kier molecular flexibility index (Phi) is 4.28. The lowest BCUT2D eigenvalue weighted by molar-refractivity contribution is 0.318. The molecule has 0 radical (unpaired) electrons. The topological polar surface area (TPSA) is 87.3 Å². The van der Waals surface area contributed by atoms with E-state index in [9.17, 15) is 0 Å². The summed E-state index contributed by atoms with van der Waals surface area (Å²) >= 11 is 0. The summed E-state index contributed by atoms with van der Waals surface area (Å²) in [7, 11) is 0. The van der Waals surface area contributed by atoms with Crippen molar-refractivity contribution in [3.05, 3.63) is 89.2 Å². The molecule has 0 spiro atoms. The molecular formula is C24H22N4O. The number of oxime groups is 1. The fraction of sp³-hybridized carbons (Fsp3) is 0.167. The van der Waals surface area contributed by atoms with Crippen LogP contribution in [0.3, 0.4) is 0 Å². The first-order chi connectivity index (χ1) is 14.2. The van der Waals surface area contributed by atoms with Crippen molar-refractivity contribution in [2.24, 2.45) is 10.9 Å². The van der Waals surface area contributed by atoms with Crippen molar-refractivity contribution in [2.45, 2.75) is 25.2 Å². The van der Waals surface area contributed by atoms with Crippen LogP contribution in [-0.2, 0) is 6.42 Å². The highest BCUT2D eigenvalue weighted by atomic mass is 16.4. The Balaban J connectivity index is 1.63. The smallest absolute Gasteiger partial charge is 0.188 e. The minimum Gasteiger partial charge on any atom is -0.409 e. The van der Waals surface area contributed by atoms with Crippen LogP contribution in [0.15, 0.2) is 71.9 Å². The second-order valence-electron chi connectivity index (χ2n) is 7.60. The van der Waals surface area contributed by atoms with Gasteiger partial charge in [-0.15, -0.1) is 0 Å². The van der Waals surface area contributed by atoms with Crippen LogP contribution in [0.1, 0.15) is 41.3 Å². The molecule has 1 saturated carbocycles. The maximum absolute atomic E-state index is 8.96. The average molecular weight is 382 g/mol. The third kappa shape index (κ3) is 3.36. The molecule has 5 rings (SSSR count). The quantitative estimate of drug-likeness (QED) is 0.201. The van der Waals surface area contributed by atoms with Crippen molar-refractivity contribution in [1.29, 1.82) is 0 Å². The number of amidine groups is 1. The Morgan fingerprint density at radius 3 is 2.66 bits per heavy atom. The van der Waals surface area contributed by atoms with Crippen molar-refractivity contribution in [3.8, 4) is 11.3 Å². The summed E-state index contributed by atoms with van der Waals surface area (Å²) in [6.45, 7) is 0. The first kappa shape index (κ1) is 17.5. The number of H-pyrrole nitrogens is 1. The van der Waals surface area contributed by atoms with Crippen molar-refractivity contribution < 1.29 is 5.21 Å². The number of rotatable bonds is 5. The number of nitrogens with zero attached hydrogens (tertiary/aromatic N) is 2. The highest BCUT2D eigenvalue weighted by Gasteiger charge is 2.24. The minimum absolute atomic E-state index is 0.0168. The van der Waals surface area contributed by atoms with Crippen LogP contribution in [0.2, 0.25) is 0 Å². The molecule has 2 aromatic carbocycles. The molecule has 144 valence electrons. The zero-order valence-corrected chi connectivity index (χ0v) is 16.0. The molecule has 5 nitrogen and oxygen atoms in total. The summed E-state index contributed by atoms with van der Waals surface area (Å²) in [4.78, 5) is 8.24. The average Bonchev–Trinajstić information content (AvgIpc) is 3.56. The summed E-state index contributed by atoms with van der Waals surface area (Å²) in [5.74, 6) is 0.730. The zero-order valence-electron chi connectivity index (χ0n) is 16.0. The van der Waals surface area contributed by atoms with E-state index >= 15 is 0 Å². The number of nitrogens with two attached hydrogens (primary N) is 1. The highest BCUT2D eigenvalue weighted by Crippen LogP contribution is 2.42. The van der Waals surface area contributed by atoms with E-state index in [1.807, 2.05) is 18.2 Å². The van der Waals surface area contributed by atoms with Gasteiger partial charge >= 0.3 is 0 Å². The van der Waals surface area contributed by atoms with Crippen LogP contribution >= 0.6 is 0 Å². The van der Waals surface area contributed by atoms with E-state index in [1.165, 1.54) is 29.4 Å². The maximum atomic E-state index is 8.96. The standard InChI is InChI=1S/C24H22N4O/c25-24(28-29)21-8-4-7-18(26-21)14-20-19-12-11-17(15-9-10-15)13-22(19)27-23(20)16-5-2-1-3-6-16/h1-8,11-13,15,27,29H,9-10,14H2,(H2,25,28). The number of hydrogen-bond acceptors (Lipinski definition) is 3. The van der Waals surface area contributed by atoms with E-state index in [2.05, 4.69) is 57.6 Å². The van der Waals surface area contributed by atoms with E-state index in [4.69, 9.17) is 10.9 Å². The molecule has 5 heteroatoms. The molecule has 0 amide bonds. The van der Waals surface area contributed by atoms with E-state index < -0.39 is 0 Å². The van der Waals surface area contributed by atoms with Gasteiger partial charge in [0.2, 0.25) is 0 Å². The molecule has 1 fully saturated rings. The molecule has 29 heavy (non-hydrogen) atoms. The fourth-order valence-corrected chi connectivity index (χ4v) is 3.93. The number of aromatic nitrogens is 2. The number of nitrogens with one attached hydrogen (secondary N) is 1. The number of fused-ring (bicyclic) bond motifs is 1. The number of pyridine rings is 1. The van der Waals surface area contributed by atoms with Crippen LogP contribution in [-0.4, -0.2) is 21.0 Å². The van der Waals surface area contributed by atoms with E-state index in [1.54, 1.807) is 6.07 Å². The monoisotopic (exact) mass is 382 g/mol. The van der Waals surface area contributed by atoms with Gasteiger partial charge in [-0.1, -0.05) is 53.7 Å². The largest absolute Gasteiger partial charge is 0.409 e. The zero-order chi connectivity index (χ0) is 19.8. The molecule has 0 atom stereocenters. The summed E-state index contributed by atoms with van der Waals surface area (Å²) in [5, 5.41) is 13.2. The minimum atomic E-state index is 0.0168.